The molecule has 0 radical (unpaired) electrons. The lowest BCUT2D eigenvalue weighted by Gasteiger charge is -2.06. The summed E-state index contributed by atoms with van der Waals surface area (Å²) in [6.45, 7) is 5.91. The molecule has 0 saturated heterocycles. The fourth-order valence-corrected chi connectivity index (χ4v) is 1.60. The van der Waals surface area contributed by atoms with E-state index in [4.69, 9.17) is 0 Å². The number of phenolic OH excluding ortho intramolecular Hbond substituents is 1. The van der Waals surface area contributed by atoms with Crippen molar-refractivity contribution in [2.45, 2.75) is 33.6 Å². The lowest BCUT2D eigenvalue weighted by atomic mass is 10.1. The summed E-state index contributed by atoms with van der Waals surface area (Å²) < 4.78 is 0. The van der Waals surface area contributed by atoms with E-state index in [0.717, 1.165) is 12.8 Å². The molecule has 0 aliphatic carbocycles. The second kappa shape index (κ2) is 6.79. The van der Waals surface area contributed by atoms with Gasteiger partial charge in [0.15, 0.2) is 0 Å². The first-order valence-corrected chi connectivity index (χ1v) is 6.22. The second-order valence-corrected chi connectivity index (χ2v) is 4.27. The lowest BCUT2D eigenvalue weighted by molar-refractivity contribution is 0.0952. The molecule has 0 fully saturated rings. The maximum absolute atomic E-state index is 11.8. The Balaban J connectivity index is 2.69. The zero-order valence-electron chi connectivity index (χ0n) is 11.1. The summed E-state index contributed by atoms with van der Waals surface area (Å²) in [4.78, 5) is 11.8. The van der Waals surface area contributed by atoms with Crippen LogP contribution >= 0.6 is 0 Å². The van der Waals surface area contributed by atoms with Gasteiger partial charge in [-0.1, -0.05) is 26.0 Å². The molecule has 0 spiro atoms. The third-order valence-corrected chi connectivity index (χ3v) is 2.98. The second-order valence-electron chi connectivity index (χ2n) is 4.27. The van der Waals surface area contributed by atoms with Gasteiger partial charge in [-0.05, 0) is 37.3 Å². The Bertz CT molecular complexity index is 437. The summed E-state index contributed by atoms with van der Waals surface area (Å²) >= 11 is 0. The molecule has 0 aliphatic heterocycles. The van der Waals surface area contributed by atoms with E-state index in [9.17, 15) is 9.90 Å². The SMILES string of the molecule is CCC(C=NNC(=O)c1cccc(C)c1O)CC. The minimum absolute atomic E-state index is 0.00716. The van der Waals surface area contributed by atoms with Crippen molar-refractivity contribution in [2.75, 3.05) is 0 Å². The summed E-state index contributed by atoms with van der Waals surface area (Å²) in [5, 5.41) is 13.7. The third kappa shape index (κ3) is 3.58. The standard InChI is InChI=1S/C14H20N2O2/c1-4-11(5-2)9-15-16-14(18)12-8-6-7-10(3)13(12)17/h6-9,11,17H,4-5H2,1-3H3,(H,16,18). The average Bonchev–Trinajstić information content (AvgIpc) is 2.37. The van der Waals surface area contributed by atoms with Gasteiger partial charge in [0, 0.05) is 6.21 Å². The third-order valence-electron chi connectivity index (χ3n) is 2.98. The minimum Gasteiger partial charge on any atom is -0.507 e. The van der Waals surface area contributed by atoms with Crippen LogP contribution in [-0.2, 0) is 0 Å². The van der Waals surface area contributed by atoms with Gasteiger partial charge in [0.25, 0.3) is 5.91 Å². The lowest BCUT2D eigenvalue weighted by Crippen LogP contribution is -2.18. The summed E-state index contributed by atoms with van der Waals surface area (Å²) in [7, 11) is 0. The van der Waals surface area contributed by atoms with Crippen LogP contribution in [0.5, 0.6) is 5.75 Å². The predicted molar refractivity (Wildman–Crippen MR) is 72.9 cm³/mol. The highest BCUT2D eigenvalue weighted by atomic mass is 16.3. The van der Waals surface area contributed by atoms with E-state index < -0.39 is 5.91 Å². The Morgan fingerprint density at radius 3 is 2.72 bits per heavy atom. The number of phenols is 1. The van der Waals surface area contributed by atoms with E-state index >= 15 is 0 Å². The summed E-state index contributed by atoms with van der Waals surface area (Å²) in [6, 6.07) is 5.05. The van der Waals surface area contributed by atoms with Crippen LogP contribution in [-0.4, -0.2) is 17.2 Å². The van der Waals surface area contributed by atoms with Crippen molar-refractivity contribution in [3.63, 3.8) is 0 Å². The molecule has 4 nitrogen and oxygen atoms in total. The molecule has 0 aromatic heterocycles. The molecular formula is C14H20N2O2. The first kappa shape index (κ1) is 14.2. The molecule has 0 bridgehead atoms. The van der Waals surface area contributed by atoms with Gasteiger partial charge in [0.2, 0.25) is 0 Å². The monoisotopic (exact) mass is 248 g/mol. The van der Waals surface area contributed by atoms with Crippen LogP contribution in [0.1, 0.15) is 42.6 Å². The van der Waals surface area contributed by atoms with E-state index in [2.05, 4.69) is 24.4 Å². The minimum atomic E-state index is -0.390. The van der Waals surface area contributed by atoms with Crippen LogP contribution in [0, 0.1) is 12.8 Å². The van der Waals surface area contributed by atoms with Crippen LogP contribution in [0.3, 0.4) is 0 Å². The molecule has 1 aromatic rings. The molecule has 1 amide bonds. The highest BCUT2D eigenvalue weighted by Crippen LogP contribution is 2.20. The number of para-hydroxylation sites is 1. The number of nitrogens with one attached hydrogen (secondary N) is 1. The molecule has 0 atom stereocenters. The number of amides is 1. The maximum atomic E-state index is 11.8. The highest BCUT2D eigenvalue weighted by molar-refractivity contribution is 5.97. The van der Waals surface area contributed by atoms with Gasteiger partial charge in [-0.3, -0.25) is 4.79 Å². The van der Waals surface area contributed by atoms with Crippen molar-refractivity contribution < 1.29 is 9.90 Å². The zero-order valence-corrected chi connectivity index (χ0v) is 11.1. The van der Waals surface area contributed by atoms with Crippen LogP contribution in [0.25, 0.3) is 0 Å². The van der Waals surface area contributed by atoms with Crippen LogP contribution in [0.15, 0.2) is 23.3 Å². The largest absolute Gasteiger partial charge is 0.507 e. The maximum Gasteiger partial charge on any atom is 0.275 e. The van der Waals surface area contributed by atoms with Gasteiger partial charge in [0.1, 0.15) is 5.75 Å². The number of carbonyl (C=O) groups is 1. The fourth-order valence-electron chi connectivity index (χ4n) is 1.60. The molecule has 98 valence electrons. The van der Waals surface area contributed by atoms with Crippen molar-refractivity contribution in [3.8, 4) is 5.75 Å². The molecule has 1 rings (SSSR count). The molecule has 2 N–H and O–H groups in total. The first-order chi connectivity index (χ1) is 8.60. The first-order valence-electron chi connectivity index (χ1n) is 6.22. The molecule has 0 saturated carbocycles. The van der Waals surface area contributed by atoms with Crippen molar-refractivity contribution in [1.29, 1.82) is 0 Å². The van der Waals surface area contributed by atoms with Crippen LogP contribution in [0.4, 0.5) is 0 Å². The van der Waals surface area contributed by atoms with Crippen molar-refractivity contribution in [1.82, 2.24) is 5.43 Å². The Hall–Kier alpha value is -1.84. The smallest absolute Gasteiger partial charge is 0.275 e. The average molecular weight is 248 g/mol. The van der Waals surface area contributed by atoms with E-state index in [0.29, 0.717) is 11.5 Å². The number of carbonyl (C=O) groups excluding carboxylic acids is 1. The molecule has 4 heteroatoms. The molecule has 0 unspecified atom stereocenters. The number of hydrogen-bond acceptors (Lipinski definition) is 3. The van der Waals surface area contributed by atoms with E-state index in [-0.39, 0.29) is 11.3 Å². The number of rotatable bonds is 5. The zero-order chi connectivity index (χ0) is 13.5. The Morgan fingerprint density at radius 1 is 1.44 bits per heavy atom. The number of nitrogens with zero attached hydrogens (tertiary/aromatic N) is 1. The van der Waals surface area contributed by atoms with Crippen LogP contribution < -0.4 is 5.43 Å². The van der Waals surface area contributed by atoms with Crippen molar-refractivity contribution in [2.24, 2.45) is 11.0 Å². The molecule has 0 aliphatic rings. The topological polar surface area (TPSA) is 61.7 Å². The van der Waals surface area contributed by atoms with Gasteiger partial charge in [-0.25, -0.2) is 5.43 Å². The Labute approximate surface area is 108 Å². The predicted octanol–water partition coefficient (Wildman–Crippen LogP) is 2.85. The summed E-state index contributed by atoms with van der Waals surface area (Å²) in [5.41, 5.74) is 3.36. The van der Waals surface area contributed by atoms with E-state index in [1.807, 2.05) is 0 Å². The normalized spacial score (nSPS) is 11.1. The summed E-state index contributed by atoms with van der Waals surface area (Å²) in [5.74, 6) is -0.0115. The van der Waals surface area contributed by atoms with Gasteiger partial charge in [0.05, 0.1) is 5.56 Å². The van der Waals surface area contributed by atoms with Gasteiger partial charge in [-0.15, -0.1) is 0 Å². The van der Waals surface area contributed by atoms with E-state index in [1.165, 1.54) is 0 Å². The summed E-state index contributed by atoms with van der Waals surface area (Å²) in [6.07, 6.45) is 3.72. The molecular weight excluding hydrogens is 228 g/mol. The Kier molecular flexibility index (Phi) is 5.36. The number of hydrogen-bond donors (Lipinski definition) is 2. The van der Waals surface area contributed by atoms with Gasteiger partial charge in [-0.2, -0.15) is 5.10 Å². The van der Waals surface area contributed by atoms with Crippen molar-refractivity contribution in [3.05, 3.63) is 29.3 Å². The number of aromatic hydroxyl groups is 1. The highest BCUT2D eigenvalue weighted by Gasteiger charge is 2.11. The quantitative estimate of drug-likeness (QED) is 0.621. The van der Waals surface area contributed by atoms with Gasteiger partial charge < -0.3 is 5.11 Å². The number of hydrazone groups is 1. The van der Waals surface area contributed by atoms with Crippen LogP contribution in [0.2, 0.25) is 0 Å². The van der Waals surface area contributed by atoms with Gasteiger partial charge >= 0.3 is 0 Å². The fraction of sp³-hybridized carbons (Fsp3) is 0.429. The number of aryl methyl sites for hydroxylation is 1. The Morgan fingerprint density at radius 2 is 2.11 bits per heavy atom. The van der Waals surface area contributed by atoms with E-state index in [1.54, 1.807) is 31.3 Å². The number of benzene rings is 1. The molecule has 18 heavy (non-hydrogen) atoms. The molecule has 0 heterocycles. The molecule has 1 aromatic carbocycles. The van der Waals surface area contributed by atoms with Crippen molar-refractivity contribution >= 4 is 12.1 Å².